The van der Waals surface area contributed by atoms with Crippen LogP contribution in [0.2, 0.25) is 0 Å². The molecule has 2 fully saturated rings. The molecule has 3 rings (SSSR count). The number of hydrogen-bond donors (Lipinski definition) is 1. The number of nitrogens with zero attached hydrogens (tertiary/aromatic N) is 2. The fourth-order valence-electron chi connectivity index (χ4n) is 3.91. The van der Waals surface area contributed by atoms with Crippen LogP contribution < -0.4 is 5.32 Å². The van der Waals surface area contributed by atoms with Crippen molar-refractivity contribution in [1.29, 1.82) is 0 Å². The Balaban J connectivity index is 1.76. The van der Waals surface area contributed by atoms with Crippen molar-refractivity contribution in [3.63, 3.8) is 0 Å². The molecule has 2 aliphatic rings. The molecular weight excluding hydrogens is 340 g/mol. The van der Waals surface area contributed by atoms with E-state index in [1.165, 1.54) is 6.42 Å². The van der Waals surface area contributed by atoms with Gasteiger partial charge in [0.1, 0.15) is 5.82 Å². The number of anilines is 1. The molecule has 0 bridgehead atoms. The first-order valence-corrected chi connectivity index (χ1v) is 9.69. The summed E-state index contributed by atoms with van der Waals surface area (Å²) < 4.78 is 33.7. The van der Waals surface area contributed by atoms with Crippen LogP contribution >= 0.6 is 0 Å². The predicted octanol–water partition coefficient (Wildman–Crippen LogP) is 5.19. The van der Waals surface area contributed by atoms with Gasteiger partial charge >= 0.3 is 6.09 Å². The molecule has 0 radical (unpaired) electrons. The van der Waals surface area contributed by atoms with E-state index in [1.807, 2.05) is 0 Å². The van der Waals surface area contributed by atoms with E-state index in [0.29, 0.717) is 24.0 Å². The van der Waals surface area contributed by atoms with Crippen molar-refractivity contribution < 1.29 is 18.3 Å². The largest absolute Gasteiger partial charge is 0.449 e. The minimum atomic E-state index is -2.59. The standard InChI is InChI=1S/C19H29F2N3O2/c1-4-6-12(2)15-16(14-9-19(20,21)10-14)23-24(3)17(15)22-18(25)26-11-13-7-5-8-13/h12-14H,4-11H2,1-3H3,(H,22,25). The van der Waals surface area contributed by atoms with Crippen LogP contribution in [-0.2, 0) is 11.8 Å². The van der Waals surface area contributed by atoms with E-state index in [-0.39, 0.29) is 24.7 Å². The van der Waals surface area contributed by atoms with Crippen LogP contribution in [-0.4, -0.2) is 28.4 Å². The molecule has 5 nitrogen and oxygen atoms in total. The summed E-state index contributed by atoms with van der Waals surface area (Å²) in [6, 6.07) is 0. The van der Waals surface area contributed by atoms with Gasteiger partial charge in [0.05, 0.1) is 12.3 Å². The van der Waals surface area contributed by atoms with Gasteiger partial charge in [0.15, 0.2) is 0 Å². The Bertz CT molecular complexity index is 647. The summed E-state index contributed by atoms with van der Waals surface area (Å²) in [5.41, 5.74) is 1.59. The van der Waals surface area contributed by atoms with Crippen LogP contribution in [0, 0.1) is 5.92 Å². The van der Waals surface area contributed by atoms with E-state index in [4.69, 9.17) is 4.74 Å². The third kappa shape index (κ3) is 4.01. The van der Waals surface area contributed by atoms with Gasteiger partial charge in [-0.25, -0.2) is 13.6 Å². The van der Waals surface area contributed by atoms with Crippen molar-refractivity contribution in [3.05, 3.63) is 11.3 Å². The molecule has 0 aliphatic heterocycles. The molecule has 2 aliphatic carbocycles. The Morgan fingerprint density at radius 1 is 1.42 bits per heavy atom. The number of aryl methyl sites for hydroxylation is 1. The first-order chi connectivity index (χ1) is 12.3. The number of ether oxygens (including phenoxy) is 1. The minimum absolute atomic E-state index is 0.139. The van der Waals surface area contributed by atoms with Gasteiger partial charge < -0.3 is 4.74 Å². The van der Waals surface area contributed by atoms with Crippen molar-refractivity contribution in [2.75, 3.05) is 11.9 Å². The van der Waals surface area contributed by atoms with E-state index in [1.54, 1.807) is 11.7 Å². The quantitative estimate of drug-likeness (QED) is 0.720. The summed E-state index contributed by atoms with van der Waals surface area (Å²) in [4.78, 5) is 12.2. The van der Waals surface area contributed by atoms with E-state index in [9.17, 15) is 13.6 Å². The zero-order chi connectivity index (χ0) is 18.9. The molecule has 1 aromatic rings. The number of halogens is 2. The van der Waals surface area contributed by atoms with Crippen molar-refractivity contribution in [1.82, 2.24) is 9.78 Å². The summed E-state index contributed by atoms with van der Waals surface area (Å²) in [5.74, 6) is -1.65. The average molecular weight is 369 g/mol. The van der Waals surface area contributed by atoms with Gasteiger partial charge in [-0.2, -0.15) is 5.10 Å². The highest BCUT2D eigenvalue weighted by Gasteiger charge is 2.48. The Hall–Kier alpha value is -1.66. The van der Waals surface area contributed by atoms with Crippen LogP contribution in [0.15, 0.2) is 0 Å². The van der Waals surface area contributed by atoms with Crippen LogP contribution in [0.1, 0.15) is 81.9 Å². The molecule has 2 saturated carbocycles. The number of carbonyl (C=O) groups excluding carboxylic acids is 1. The van der Waals surface area contributed by atoms with Gasteiger partial charge in [-0.1, -0.05) is 26.7 Å². The summed E-state index contributed by atoms with van der Waals surface area (Å²) in [7, 11) is 1.74. The molecule has 1 aromatic heterocycles. The number of amides is 1. The van der Waals surface area contributed by atoms with Crippen LogP contribution in [0.3, 0.4) is 0 Å². The smallest absolute Gasteiger partial charge is 0.412 e. The Morgan fingerprint density at radius 2 is 2.12 bits per heavy atom. The third-order valence-corrected chi connectivity index (χ3v) is 5.70. The molecule has 146 valence electrons. The molecule has 0 aromatic carbocycles. The lowest BCUT2D eigenvalue weighted by molar-refractivity contribution is -0.0878. The number of carbonyl (C=O) groups is 1. The average Bonchev–Trinajstić information content (AvgIpc) is 2.80. The van der Waals surface area contributed by atoms with Gasteiger partial charge in [-0.05, 0) is 31.1 Å². The number of hydrogen-bond acceptors (Lipinski definition) is 3. The molecule has 1 atom stereocenters. The number of alkyl halides is 2. The maximum absolute atomic E-state index is 13.4. The van der Waals surface area contributed by atoms with E-state index in [2.05, 4.69) is 24.3 Å². The van der Waals surface area contributed by atoms with Crippen LogP contribution in [0.5, 0.6) is 0 Å². The Morgan fingerprint density at radius 3 is 2.65 bits per heavy atom. The molecule has 0 saturated heterocycles. The molecule has 7 heteroatoms. The van der Waals surface area contributed by atoms with Gasteiger partial charge in [0.2, 0.25) is 5.92 Å². The molecule has 26 heavy (non-hydrogen) atoms. The normalized spacial score (nSPS) is 21.0. The van der Waals surface area contributed by atoms with Crippen molar-refractivity contribution in [2.45, 2.75) is 76.6 Å². The fourth-order valence-corrected chi connectivity index (χ4v) is 3.91. The fraction of sp³-hybridized carbons (Fsp3) is 0.789. The van der Waals surface area contributed by atoms with Gasteiger partial charge in [0.25, 0.3) is 0 Å². The van der Waals surface area contributed by atoms with E-state index >= 15 is 0 Å². The van der Waals surface area contributed by atoms with E-state index < -0.39 is 12.0 Å². The maximum Gasteiger partial charge on any atom is 0.412 e. The summed E-state index contributed by atoms with van der Waals surface area (Å²) in [6.07, 6.45) is 4.48. The van der Waals surface area contributed by atoms with Crippen LogP contribution in [0.25, 0.3) is 0 Å². The summed E-state index contributed by atoms with van der Waals surface area (Å²) in [6.45, 7) is 4.58. The van der Waals surface area contributed by atoms with Gasteiger partial charge in [0, 0.05) is 31.4 Å². The van der Waals surface area contributed by atoms with Crippen molar-refractivity contribution in [3.8, 4) is 0 Å². The lowest BCUT2D eigenvalue weighted by Crippen LogP contribution is -2.34. The second-order valence-electron chi connectivity index (χ2n) is 7.94. The molecule has 1 heterocycles. The highest BCUT2D eigenvalue weighted by atomic mass is 19.3. The zero-order valence-electron chi connectivity index (χ0n) is 15.9. The van der Waals surface area contributed by atoms with Crippen molar-refractivity contribution >= 4 is 11.9 Å². The Labute approximate surface area is 153 Å². The zero-order valence-corrected chi connectivity index (χ0v) is 15.9. The molecule has 1 amide bonds. The Kier molecular flexibility index (Phi) is 5.53. The summed E-state index contributed by atoms with van der Waals surface area (Å²) >= 11 is 0. The lowest BCUT2D eigenvalue weighted by atomic mass is 9.76. The molecule has 0 spiro atoms. The van der Waals surface area contributed by atoms with Gasteiger partial charge in [-0.3, -0.25) is 10.00 Å². The highest BCUT2D eigenvalue weighted by Crippen LogP contribution is 2.50. The van der Waals surface area contributed by atoms with Crippen molar-refractivity contribution in [2.24, 2.45) is 13.0 Å². The predicted molar refractivity (Wildman–Crippen MR) is 95.8 cm³/mol. The lowest BCUT2D eigenvalue weighted by Gasteiger charge is -2.34. The first kappa shape index (κ1) is 19.1. The number of rotatable bonds is 7. The van der Waals surface area contributed by atoms with Gasteiger partial charge in [-0.15, -0.1) is 0 Å². The minimum Gasteiger partial charge on any atom is -0.449 e. The SMILES string of the molecule is CCCC(C)c1c(C2CC(F)(F)C2)nn(C)c1NC(=O)OCC1CCC1. The van der Waals surface area contributed by atoms with Crippen LogP contribution in [0.4, 0.5) is 19.4 Å². The second kappa shape index (κ2) is 7.53. The third-order valence-electron chi connectivity index (χ3n) is 5.70. The molecule has 1 N–H and O–H groups in total. The molecule has 1 unspecified atom stereocenters. The second-order valence-corrected chi connectivity index (χ2v) is 7.94. The highest BCUT2D eigenvalue weighted by molar-refractivity contribution is 5.85. The molecular formula is C19H29F2N3O2. The number of nitrogens with one attached hydrogen (secondary N) is 1. The monoisotopic (exact) mass is 369 g/mol. The summed E-state index contributed by atoms with van der Waals surface area (Å²) in [5, 5.41) is 7.31. The van der Waals surface area contributed by atoms with E-state index in [0.717, 1.165) is 31.2 Å². The maximum atomic E-state index is 13.4. The first-order valence-electron chi connectivity index (χ1n) is 9.69. The number of aromatic nitrogens is 2. The topological polar surface area (TPSA) is 56.2 Å².